The second-order valence-corrected chi connectivity index (χ2v) is 3.85. The topological polar surface area (TPSA) is 75.1 Å². The number of nitrogens with one attached hydrogen (secondary N) is 1. The SMILES string of the molecule is Cc1cccnc1CNc1ccncc1C(=O)O. The molecule has 0 aliphatic heterocycles. The fourth-order valence-electron chi connectivity index (χ4n) is 1.60. The third-order valence-corrected chi connectivity index (χ3v) is 2.62. The van der Waals surface area contributed by atoms with E-state index >= 15 is 0 Å². The molecule has 2 N–H and O–H groups in total. The molecule has 0 fully saturated rings. The third-order valence-electron chi connectivity index (χ3n) is 2.62. The second kappa shape index (κ2) is 5.27. The van der Waals surface area contributed by atoms with Gasteiger partial charge in [0.25, 0.3) is 0 Å². The molecule has 0 spiro atoms. The number of anilines is 1. The lowest BCUT2D eigenvalue weighted by Gasteiger charge is -2.09. The minimum Gasteiger partial charge on any atom is -0.478 e. The number of carboxylic acids is 1. The number of rotatable bonds is 4. The molecule has 18 heavy (non-hydrogen) atoms. The van der Waals surface area contributed by atoms with Crippen LogP contribution in [0.1, 0.15) is 21.6 Å². The normalized spacial score (nSPS) is 10.1. The van der Waals surface area contributed by atoms with Crippen LogP contribution >= 0.6 is 0 Å². The van der Waals surface area contributed by atoms with Gasteiger partial charge >= 0.3 is 5.97 Å². The Bertz CT molecular complexity index is 570. The summed E-state index contributed by atoms with van der Waals surface area (Å²) in [6.07, 6.45) is 4.60. The van der Waals surface area contributed by atoms with Crippen LogP contribution in [0, 0.1) is 6.92 Å². The Kier molecular flexibility index (Phi) is 3.52. The zero-order valence-electron chi connectivity index (χ0n) is 9.92. The van der Waals surface area contributed by atoms with Crippen LogP contribution in [0.3, 0.4) is 0 Å². The van der Waals surface area contributed by atoms with Crippen molar-refractivity contribution in [2.24, 2.45) is 0 Å². The molecule has 0 unspecified atom stereocenters. The van der Waals surface area contributed by atoms with Gasteiger partial charge in [-0.3, -0.25) is 9.97 Å². The van der Waals surface area contributed by atoms with E-state index in [1.807, 2.05) is 19.1 Å². The van der Waals surface area contributed by atoms with Gasteiger partial charge in [-0.05, 0) is 24.6 Å². The van der Waals surface area contributed by atoms with Crippen molar-refractivity contribution in [3.8, 4) is 0 Å². The first-order valence-corrected chi connectivity index (χ1v) is 5.50. The molecule has 0 amide bonds. The van der Waals surface area contributed by atoms with E-state index in [2.05, 4.69) is 15.3 Å². The lowest BCUT2D eigenvalue weighted by molar-refractivity contribution is 0.0697. The monoisotopic (exact) mass is 243 g/mol. The lowest BCUT2D eigenvalue weighted by Crippen LogP contribution is -2.08. The van der Waals surface area contributed by atoms with Gasteiger partial charge in [-0.15, -0.1) is 0 Å². The van der Waals surface area contributed by atoms with E-state index in [9.17, 15) is 4.79 Å². The maximum Gasteiger partial charge on any atom is 0.339 e. The Hall–Kier alpha value is -2.43. The second-order valence-electron chi connectivity index (χ2n) is 3.85. The van der Waals surface area contributed by atoms with Gasteiger partial charge in [0.05, 0.1) is 17.9 Å². The van der Waals surface area contributed by atoms with Crippen LogP contribution in [0.15, 0.2) is 36.8 Å². The van der Waals surface area contributed by atoms with E-state index in [4.69, 9.17) is 5.11 Å². The number of aromatic nitrogens is 2. The van der Waals surface area contributed by atoms with Crippen molar-refractivity contribution < 1.29 is 9.90 Å². The van der Waals surface area contributed by atoms with Crippen molar-refractivity contribution in [3.05, 3.63) is 53.6 Å². The summed E-state index contributed by atoms with van der Waals surface area (Å²) in [6, 6.07) is 5.48. The molecule has 2 rings (SSSR count). The Labute approximate surface area is 105 Å². The zero-order chi connectivity index (χ0) is 13.0. The van der Waals surface area contributed by atoms with E-state index in [1.54, 1.807) is 18.5 Å². The number of pyridine rings is 2. The smallest absolute Gasteiger partial charge is 0.339 e. The first-order valence-electron chi connectivity index (χ1n) is 5.50. The van der Waals surface area contributed by atoms with Crippen LogP contribution in [0.25, 0.3) is 0 Å². The van der Waals surface area contributed by atoms with E-state index < -0.39 is 5.97 Å². The molecule has 0 bridgehead atoms. The number of hydrogen-bond donors (Lipinski definition) is 2. The molecule has 0 aliphatic rings. The maximum atomic E-state index is 11.0. The van der Waals surface area contributed by atoms with Crippen LogP contribution in [-0.4, -0.2) is 21.0 Å². The summed E-state index contributed by atoms with van der Waals surface area (Å²) in [6.45, 7) is 2.45. The van der Waals surface area contributed by atoms with E-state index in [-0.39, 0.29) is 5.56 Å². The summed E-state index contributed by atoms with van der Waals surface area (Å²) >= 11 is 0. The number of aromatic carboxylic acids is 1. The summed E-state index contributed by atoms with van der Waals surface area (Å²) in [5.41, 5.74) is 2.66. The number of aryl methyl sites for hydroxylation is 1. The third kappa shape index (κ3) is 2.63. The van der Waals surface area contributed by atoms with Gasteiger partial charge in [0.2, 0.25) is 0 Å². The van der Waals surface area contributed by atoms with Gasteiger partial charge < -0.3 is 10.4 Å². The van der Waals surface area contributed by atoms with Gasteiger partial charge in [-0.2, -0.15) is 0 Å². The van der Waals surface area contributed by atoms with Crippen LogP contribution in [0.5, 0.6) is 0 Å². The largest absolute Gasteiger partial charge is 0.478 e. The number of carbonyl (C=O) groups is 1. The molecule has 0 aromatic carbocycles. The average Bonchev–Trinajstić information content (AvgIpc) is 2.38. The zero-order valence-corrected chi connectivity index (χ0v) is 9.92. The summed E-state index contributed by atoms with van der Waals surface area (Å²) < 4.78 is 0. The number of hydrogen-bond acceptors (Lipinski definition) is 4. The fourth-order valence-corrected chi connectivity index (χ4v) is 1.60. The first-order chi connectivity index (χ1) is 8.68. The minimum absolute atomic E-state index is 0.158. The van der Waals surface area contributed by atoms with Crippen molar-refractivity contribution >= 4 is 11.7 Å². The molecule has 5 heteroatoms. The van der Waals surface area contributed by atoms with E-state index in [0.717, 1.165) is 11.3 Å². The molecular weight excluding hydrogens is 230 g/mol. The van der Waals surface area contributed by atoms with Gasteiger partial charge in [-0.1, -0.05) is 6.07 Å². The summed E-state index contributed by atoms with van der Waals surface area (Å²) in [4.78, 5) is 19.0. The highest BCUT2D eigenvalue weighted by molar-refractivity contribution is 5.93. The molecular formula is C13H13N3O2. The Morgan fingerprint density at radius 2 is 2.22 bits per heavy atom. The Balaban J connectivity index is 2.16. The van der Waals surface area contributed by atoms with Crippen LogP contribution < -0.4 is 5.32 Å². The molecule has 92 valence electrons. The summed E-state index contributed by atoms with van der Waals surface area (Å²) in [5.74, 6) is -0.997. The maximum absolute atomic E-state index is 11.0. The minimum atomic E-state index is -0.997. The highest BCUT2D eigenvalue weighted by Crippen LogP contribution is 2.15. The van der Waals surface area contributed by atoms with Crippen LogP contribution in [0.2, 0.25) is 0 Å². The Morgan fingerprint density at radius 1 is 1.39 bits per heavy atom. The standard InChI is InChI=1S/C13H13N3O2/c1-9-3-2-5-15-12(9)8-16-11-4-6-14-7-10(11)13(17)18/h2-7H,8H2,1H3,(H,14,16)(H,17,18). The summed E-state index contributed by atoms with van der Waals surface area (Å²) in [7, 11) is 0. The molecule has 0 saturated carbocycles. The van der Waals surface area contributed by atoms with Crippen molar-refractivity contribution in [2.75, 3.05) is 5.32 Å². The highest BCUT2D eigenvalue weighted by Gasteiger charge is 2.09. The quantitative estimate of drug-likeness (QED) is 0.860. The molecule has 2 aromatic rings. The molecule has 0 aliphatic carbocycles. The van der Waals surface area contributed by atoms with Gasteiger partial charge in [0.15, 0.2) is 0 Å². The van der Waals surface area contributed by atoms with Crippen molar-refractivity contribution in [2.45, 2.75) is 13.5 Å². The Morgan fingerprint density at radius 3 is 2.94 bits per heavy atom. The average molecular weight is 243 g/mol. The van der Waals surface area contributed by atoms with Crippen molar-refractivity contribution in [1.29, 1.82) is 0 Å². The van der Waals surface area contributed by atoms with Crippen molar-refractivity contribution in [3.63, 3.8) is 0 Å². The first kappa shape index (κ1) is 12.0. The molecule has 2 heterocycles. The predicted octanol–water partition coefficient (Wildman–Crippen LogP) is 2.10. The lowest BCUT2D eigenvalue weighted by atomic mass is 10.2. The fraction of sp³-hybridized carbons (Fsp3) is 0.154. The van der Waals surface area contributed by atoms with Gasteiger partial charge in [-0.25, -0.2) is 4.79 Å². The molecule has 5 nitrogen and oxygen atoms in total. The van der Waals surface area contributed by atoms with E-state index in [0.29, 0.717) is 12.2 Å². The van der Waals surface area contributed by atoms with Gasteiger partial charge in [0.1, 0.15) is 5.56 Å². The van der Waals surface area contributed by atoms with Crippen LogP contribution in [-0.2, 0) is 6.54 Å². The number of nitrogens with zero attached hydrogens (tertiary/aromatic N) is 2. The predicted molar refractivity (Wildman–Crippen MR) is 67.5 cm³/mol. The summed E-state index contributed by atoms with van der Waals surface area (Å²) in [5, 5.41) is 12.1. The van der Waals surface area contributed by atoms with Gasteiger partial charge in [0, 0.05) is 18.6 Å². The molecule has 0 atom stereocenters. The molecule has 0 saturated heterocycles. The van der Waals surface area contributed by atoms with Crippen molar-refractivity contribution in [1.82, 2.24) is 9.97 Å². The van der Waals surface area contributed by atoms with E-state index in [1.165, 1.54) is 6.20 Å². The highest BCUT2D eigenvalue weighted by atomic mass is 16.4. The number of carboxylic acid groups (broad SMARTS) is 1. The molecule has 2 aromatic heterocycles. The van der Waals surface area contributed by atoms with Crippen LogP contribution in [0.4, 0.5) is 5.69 Å². The molecule has 0 radical (unpaired) electrons.